The largest absolute Gasteiger partial charge is 0.350 e. The number of hydrogen-bond donors (Lipinski definition) is 0. The van der Waals surface area contributed by atoms with Crippen LogP contribution in [0.2, 0.25) is 0 Å². The average molecular weight is 332 g/mol. The Labute approximate surface area is 115 Å². The summed E-state index contributed by atoms with van der Waals surface area (Å²) in [7, 11) is 1.60. The van der Waals surface area contributed by atoms with E-state index >= 15 is 0 Å². The first-order chi connectivity index (χ1) is 8.53. The highest BCUT2D eigenvalue weighted by Gasteiger charge is 2.37. The van der Waals surface area contributed by atoms with Crippen molar-refractivity contribution in [2.24, 2.45) is 0 Å². The first-order valence-corrected chi connectivity index (χ1v) is 7.84. The van der Waals surface area contributed by atoms with Gasteiger partial charge in [0.1, 0.15) is 5.66 Å². The van der Waals surface area contributed by atoms with Crippen LogP contribution in [0.25, 0.3) is 0 Å². The zero-order chi connectivity index (χ0) is 13.3. The van der Waals surface area contributed by atoms with Crippen LogP contribution < -0.4 is 4.90 Å². The fraction of sp³-hybridized carbons (Fsp3) is 0.333. The fourth-order valence-electron chi connectivity index (χ4n) is 2.11. The molecule has 1 aliphatic heterocycles. The Hall–Kier alpha value is -0.610. The van der Waals surface area contributed by atoms with Gasteiger partial charge in [0.2, 0.25) is 0 Å². The van der Waals surface area contributed by atoms with Crippen LogP contribution in [-0.4, -0.2) is 21.3 Å². The Kier molecular flexibility index (Phi) is 3.97. The van der Waals surface area contributed by atoms with E-state index in [1.165, 1.54) is 14.2 Å². The van der Waals surface area contributed by atoms with E-state index in [0.717, 1.165) is 15.7 Å². The van der Waals surface area contributed by atoms with Crippen molar-refractivity contribution < 1.29 is 13.6 Å². The lowest BCUT2D eigenvalue weighted by atomic mass is 10.1. The molecule has 1 heterocycles. The van der Waals surface area contributed by atoms with Gasteiger partial charge >= 0.3 is 7.60 Å². The maximum absolute atomic E-state index is 12.6. The number of anilines is 1. The highest BCUT2D eigenvalue weighted by Crippen LogP contribution is 2.63. The van der Waals surface area contributed by atoms with Crippen LogP contribution in [0.15, 0.2) is 34.9 Å². The molecule has 6 heteroatoms. The number of benzene rings is 1. The van der Waals surface area contributed by atoms with Crippen molar-refractivity contribution in [2.75, 3.05) is 26.2 Å². The van der Waals surface area contributed by atoms with Gasteiger partial charge in [0, 0.05) is 31.9 Å². The summed E-state index contributed by atoms with van der Waals surface area (Å²) in [6.07, 6.45) is 3.73. The lowest BCUT2D eigenvalue weighted by Gasteiger charge is -2.31. The molecule has 0 aromatic heterocycles. The van der Waals surface area contributed by atoms with Crippen LogP contribution in [0, 0.1) is 0 Å². The summed E-state index contributed by atoms with van der Waals surface area (Å²) in [4.78, 5) is 1.98. The minimum Gasteiger partial charge on any atom is -0.350 e. The standard InChI is InChI=1S/C12H15BrNO3P/c1-14-8-7-11(18(15,16-2)17-3)9-5-4-6-10(13)12(9)14/h4-8,11H,1-3H3. The van der Waals surface area contributed by atoms with E-state index in [0.29, 0.717) is 0 Å². The number of para-hydroxylation sites is 1. The molecule has 98 valence electrons. The summed E-state index contributed by atoms with van der Waals surface area (Å²) in [5, 5.41) is 0. The summed E-state index contributed by atoms with van der Waals surface area (Å²) in [6.45, 7) is 0. The van der Waals surface area contributed by atoms with E-state index in [9.17, 15) is 4.57 Å². The lowest BCUT2D eigenvalue weighted by Crippen LogP contribution is -2.18. The number of allylic oxidation sites excluding steroid dienone is 1. The Bertz CT molecular complexity index is 524. The predicted octanol–water partition coefficient (Wildman–Crippen LogP) is 3.94. The number of rotatable bonds is 3. The highest BCUT2D eigenvalue weighted by atomic mass is 79.9. The molecule has 0 aliphatic carbocycles. The van der Waals surface area contributed by atoms with Gasteiger partial charge in [-0.25, -0.2) is 0 Å². The molecule has 0 radical (unpaired) electrons. The molecule has 0 saturated heterocycles. The van der Waals surface area contributed by atoms with Gasteiger partial charge in [-0.2, -0.15) is 0 Å². The van der Waals surface area contributed by atoms with E-state index in [4.69, 9.17) is 9.05 Å². The number of hydrogen-bond acceptors (Lipinski definition) is 4. The third-order valence-corrected chi connectivity index (χ3v) is 5.82. The maximum Gasteiger partial charge on any atom is 0.341 e. The summed E-state index contributed by atoms with van der Waals surface area (Å²) in [6, 6.07) is 5.81. The number of nitrogens with zero attached hydrogens (tertiary/aromatic N) is 1. The van der Waals surface area contributed by atoms with Gasteiger partial charge in [0.15, 0.2) is 0 Å². The zero-order valence-electron chi connectivity index (χ0n) is 10.5. The Balaban J connectivity index is 2.58. The van der Waals surface area contributed by atoms with Gasteiger partial charge in [0.05, 0.1) is 5.69 Å². The second-order valence-corrected chi connectivity index (χ2v) is 7.20. The molecule has 0 spiro atoms. The highest BCUT2D eigenvalue weighted by molar-refractivity contribution is 9.10. The molecule has 1 atom stereocenters. The van der Waals surface area contributed by atoms with Crippen molar-refractivity contribution in [1.82, 2.24) is 0 Å². The van der Waals surface area contributed by atoms with E-state index in [2.05, 4.69) is 15.9 Å². The van der Waals surface area contributed by atoms with Gasteiger partial charge in [-0.05, 0) is 33.6 Å². The molecule has 0 fully saturated rings. The zero-order valence-corrected chi connectivity index (χ0v) is 12.9. The molecule has 18 heavy (non-hydrogen) atoms. The second-order valence-electron chi connectivity index (χ2n) is 3.98. The van der Waals surface area contributed by atoms with E-state index in [-0.39, 0.29) is 5.66 Å². The smallest absolute Gasteiger partial charge is 0.341 e. The van der Waals surface area contributed by atoms with E-state index in [1.807, 2.05) is 42.4 Å². The topological polar surface area (TPSA) is 38.8 Å². The van der Waals surface area contributed by atoms with Gasteiger partial charge in [0.25, 0.3) is 0 Å². The summed E-state index contributed by atoms with van der Waals surface area (Å²) < 4.78 is 23.7. The van der Waals surface area contributed by atoms with Crippen molar-refractivity contribution in [3.8, 4) is 0 Å². The summed E-state index contributed by atoms with van der Waals surface area (Å²) >= 11 is 3.51. The van der Waals surface area contributed by atoms with Crippen LogP contribution in [0.1, 0.15) is 11.2 Å². The molecule has 0 amide bonds. The third kappa shape index (κ3) is 2.16. The van der Waals surface area contributed by atoms with Crippen molar-refractivity contribution in [3.05, 3.63) is 40.5 Å². The van der Waals surface area contributed by atoms with Gasteiger partial charge in [-0.3, -0.25) is 4.57 Å². The number of halogens is 1. The monoisotopic (exact) mass is 331 g/mol. The molecule has 0 N–H and O–H groups in total. The second kappa shape index (κ2) is 5.17. The van der Waals surface area contributed by atoms with Crippen LogP contribution in [0.4, 0.5) is 5.69 Å². The van der Waals surface area contributed by atoms with Crippen molar-refractivity contribution in [3.63, 3.8) is 0 Å². The Morgan fingerprint density at radius 1 is 1.33 bits per heavy atom. The molecule has 4 nitrogen and oxygen atoms in total. The van der Waals surface area contributed by atoms with Crippen molar-refractivity contribution in [1.29, 1.82) is 0 Å². The molecular weight excluding hydrogens is 317 g/mol. The van der Waals surface area contributed by atoms with Crippen molar-refractivity contribution in [2.45, 2.75) is 5.66 Å². The lowest BCUT2D eigenvalue weighted by molar-refractivity contribution is 0.270. The third-order valence-electron chi connectivity index (χ3n) is 3.03. The van der Waals surface area contributed by atoms with Crippen molar-refractivity contribution >= 4 is 29.2 Å². The van der Waals surface area contributed by atoms with Crippen LogP contribution in [-0.2, 0) is 13.6 Å². The number of fused-ring (bicyclic) bond motifs is 1. The summed E-state index contributed by atoms with van der Waals surface area (Å²) in [5.41, 5.74) is 1.54. The molecule has 1 unspecified atom stereocenters. The van der Waals surface area contributed by atoms with E-state index < -0.39 is 7.60 Å². The maximum atomic E-state index is 12.6. The SMILES string of the molecule is COP(=O)(OC)C1C=CN(C)c2c(Br)cccc21. The molecule has 0 bridgehead atoms. The predicted molar refractivity (Wildman–Crippen MR) is 76.1 cm³/mol. The molecule has 0 saturated carbocycles. The van der Waals surface area contributed by atoms with E-state index in [1.54, 1.807) is 0 Å². The quantitative estimate of drug-likeness (QED) is 0.786. The molecule has 2 rings (SSSR count). The fourth-order valence-corrected chi connectivity index (χ4v) is 4.21. The molecule has 1 aliphatic rings. The summed E-state index contributed by atoms with van der Waals surface area (Å²) in [5.74, 6) is 0. The van der Waals surface area contributed by atoms with Gasteiger partial charge < -0.3 is 13.9 Å². The molecule has 1 aromatic carbocycles. The van der Waals surface area contributed by atoms with Crippen LogP contribution >= 0.6 is 23.5 Å². The molecular formula is C12H15BrNO3P. The first-order valence-electron chi connectivity index (χ1n) is 5.44. The van der Waals surface area contributed by atoms with Gasteiger partial charge in [-0.15, -0.1) is 0 Å². The van der Waals surface area contributed by atoms with Crippen LogP contribution in [0.5, 0.6) is 0 Å². The Morgan fingerprint density at radius 3 is 2.61 bits per heavy atom. The Morgan fingerprint density at radius 2 is 2.00 bits per heavy atom. The average Bonchev–Trinajstić information content (AvgIpc) is 2.38. The minimum atomic E-state index is -3.17. The normalized spacial score (nSPS) is 18.9. The van der Waals surface area contributed by atoms with Crippen LogP contribution in [0.3, 0.4) is 0 Å². The van der Waals surface area contributed by atoms with Gasteiger partial charge in [-0.1, -0.05) is 12.1 Å². The molecule has 1 aromatic rings. The first kappa shape index (κ1) is 13.8. The minimum absolute atomic E-state index is 0.379.